The number of urea groups is 1. The van der Waals surface area contributed by atoms with E-state index in [0.717, 1.165) is 11.1 Å². The van der Waals surface area contributed by atoms with Crippen molar-refractivity contribution in [2.75, 3.05) is 13.1 Å². The number of aromatic hydroxyl groups is 1. The molecule has 0 aliphatic heterocycles. The van der Waals surface area contributed by atoms with Crippen molar-refractivity contribution in [1.82, 2.24) is 20.5 Å². The third-order valence-electron chi connectivity index (χ3n) is 4.97. The van der Waals surface area contributed by atoms with Gasteiger partial charge >= 0.3 is 12.0 Å². The van der Waals surface area contributed by atoms with E-state index >= 15 is 0 Å². The van der Waals surface area contributed by atoms with Crippen LogP contribution in [0.1, 0.15) is 23.8 Å². The summed E-state index contributed by atoms with van der Waals surface area (Å²) in [6.45, 7) is 1.69. The molecule has 0 bridgehead atoms. The summed E-state index contributed by atoms with van der Waals surface area (Å²) in [5.41, 5.74) is -0.124. The lowest BCUT2D eigenvalue weighted by Gasteiger charge is -2.19. The first-order chi connectivity index (χ1) is 16.8. The summed E-state index contributed by atoms with van der Waals surface area (Å²) in [6, 6.07) is 11.7. The van der Waals surface area contributed by atoms with Crippen molar-refractivity contribution >= 4 is 28.7 Å². The van der Waals surface area contributed by atoms with Gasteiger partial charge < -0.3 is 25.6 Å². The minimum absolute atomic E-state index is 0.124. The van der Waals surface area contributed by atoms with Gasteiger partial charge in [0.1, 0.15) is 29.0 Å². The maximum absolute atomic E-state index is 13.1. The Morgan fingerprint density at radius 1 is 1.14 bits per heavy atom. The summed E-state index contributed by atoms with van der Waals surface area (Å²) in [7, 11) is 0. The number of para-hydroxylation sites is 1. The number of fused-ring (bicyclic) bond motifs is 1. The van der Waals surface area contributed by atoms with E-state index in [0.29, 0.717) is 23.4 Å². The number of carbonyl (C=O) groups is 3. The maximum Gasteiger partial charge on any atom is 0.326 e. The van der Waals surface area contributed by atoms with Gasteiger partial charge in [0.05, 0.1) is 6.20 Å². The van der Waals surface area contributed by atoms with Crippen LogP contribution in [0, 0.1) is 11.5 Å². The Morgan fingerprint density at radius 2 is 1.89 bits per heavy atom. The Bertz CT molecular complexity index is 1270. The Hall–Kier alpha value is -4.85. The molecule has 0 radical (unpaired) electrons. The van der Waals surface area contributed by atoms with Gasteiger partial charge in [-0.05, 0) is 43.7 Å². The average molecular weight is 477 g/mol. The minimum Gasteiger partial charge on any atom is -0.506 e. The second-order valence-electron chi connectivity index (χ2n) is 7.35. The van der Waals surface area contributed by atoms with Gasteiger partial charge in [-0.15, -0.1) is 0 Å². The minimum atomic E-state index is -1.32. The summed E-state index contributed by atoms with van der Waals surface area (Å²) in [5, 5.41) is 34.4. The molecule has 0 saturated carbocycles. The number of carboxylic acid groups (broad SMARTS) is 1. The molecule has 11 nitrogen and oxygen atoms in total. The molecule has 3 aromatic rings. The molecule has 0 saturated heterocycles. The largest absolute Gasteiger partial charge is 0.506 e. The molecule has 35 heavy (non-hydrogen) atoms. The predicted octanol–water partition coefficient (Wildman–Crippen LogP) is 2.82. The first-order valence-electron chi connectivity index (χ1n) is 10.7. The number of carbonyl (C=O) groups excluding carboxylic acids is 2. The second-order valence-corrected chi connectivity index (χ2v) is 7.35. The van der Waals surface area contributed by atoms with Crippen LogP contribution >= 0.6 is 0 Å². The molecule has 1 heterocycles. The van der Waals surface area contributed by atoms with Crippen LogP contribution in [0.15, 0.2) is 54.7 Å². The molecule has 1 atom stereocenters. The van der Waals surface area contributed by atoms with Gasteiger partial charge in [-0.2, -0.15) is 5.26 Å². The van der Waals surface area contributed by atoms with Crippen molar-refractivity contribution in [3.8, 4) is 23.4 Å². The number of nitrogens with one attached hydrogen (secondary N) is 2. The van der Waals surface area contributed by atoms with Crippen LogP contribution in [-0.4, -0.2) is 57.1 Å². The van der Waals surface area contributed by atoms with Crippen LogP contribution in [0.3, 0.4) is 0 Å². The Kier molecular flexibility index (Phi) is 8.02. The molecule has 3 rings (SSSR count). The highest BCUT2D eigenvalue weighted by atomic mass is 16.5. The van der Waals surface area contributed by atoms with Crippen LogP contribution in [0.5, 0.6) is 17.2 Å². The summed E-state index contributed by atoms with van der Waals surface area (Å²) >= 11 is 0. The SMILES string of the molecule is CCNC(=O)N[C@H](CCN(C#N)C(=O)c1ncc(O)c2ccc(Oc3ccccc3)cc12)C(=O)O. The smallest absolute Gasteiger partial charge is 0.326 e. The fourth-order valence-electron chi connectivity index (χ4n) is 3.28. The first kappa shape index (κ1) is 24.8. The van der Waals surface area contributed by atoms with Gasteiger partial charge in [0, 0.05) is 23.9 Å². The van der Waals surface area contributed by atoms with Gasteiger partial charge in [0.2, 0.25) is 0 Å². The molecular formula is C24H23N5O6. The number of nitriles is 1. The highest BCUT2D eigenvalue weighted by Crippen LogP contribution is 2.32. The monoisotopic (exact) mass is 477 g/mol. The molecule has 11 heteroatoms. The molecular weight excluding hydrogens is 454 g/mol. The molecule has 0 unspecified atom stereocenters. The van der Waals surface area contributed by atoms with E-state index in [1.807, 2.05) is 6.07 Å². The predicted molar refractivity (Wildman–Crippen MR) is 125 cm³/mol. The third-order valence-corrected chi connectivity index (χ3v) is 4.97. The zero-order valence-corrected chi connectivity index (χ0v) is 18.8. The normalized spacial score (nSPS) is 11.2. The van der Waals surface area contributed by atoms with E-state index < -0.39 is 23.9 Å². The lowest BCUT2D eigenvalue weighted by molar-refractivity contribution is -0.139. The Morgan fingerprint density at radius 3 is 2.54 bits per heavy atom. The first-order valence-corrected chi connectivity index (χ1v) is 10.7. The zero-order valence-electron chi connectivity index (χ0n) is 18.8. The summed E-state index contributed by atoms with van der Waals surface area (Å²) in [6.07, 6.45) is 2.61. The van der Waals surface area contributed by atoms with Crippen LogP contribution < -0.4 is 15.4 Å². The van der Waals surface area contributed by atoms with Crippen LogP contribution in [0.4, 0.5) is 4.79 Å². The fourth-order valence-corrected chi connectivity index (χ4v) is 3.28. The van der Waals surface area contributed by atoms with Crippen molar-refractivity contribution in [3.63, 3.8) is 0 Å². The molecule has 0 fully saturated rings. The number of benzene rings is 2. The number of hydrogen-bond donors (Lipinski definition) is 4. The average Bonchev–Trinajstić information content (AvgIpc) is 2.84. The third kappa shape index (κ3) is 6.14. The summed E-state index contributed by atoms with van der Waals surface area (Å²) < 4.78 is 5.80. The number of pyridine rings is 1. The van der Waals surface area contributed by atoms with Crippen molar-refractivity contribution in [3.05, 3.63) is 60.4 Å². The number of nitrogens with zero attached hydrogens (tertiary/aromatic N) is 3. The van der Waals surface area contributed by atoms with Crippen molar-refractivity contribution < 1.29 is 29.3 Å². The van der Waals surface area contributed by atoms with Crippen LogP contribution in [-0.2, 0) is 4.79 Å². The van der Waals surface area contributed by atoms with Crippen LogP contribution in [0.2, 0.25) is 0 Å². The van der Waals surface area contributed by atoms with E-state index in [-0.39, 0.29) is 29.8 Å². The molecule has 1 aromatic heterocycles. The number of amides is 3. The number of hydrogen-bond acceptors (Lipinski definition) is 7. The molecule has 0 aliphatic rings. The quantitative estimate of drug-likeness (QED) is 0.270. The number of rotatable bonds is 9. The standard InChI is InChI=1S/C24H23N5O6/c1-2-26-24(34)28-19(23(32)33)10-11-29(14-25)22(31)21-18-12-16(35-15-6-4-3-5-7-15)8-9-17(18)20(30)13-27-21/h3-9,12-13,19,30H,2,10-11H2,1H3,(H,32,33)(H2,26,28,34)/t19-/m1/s1. The van der Waals surface area contributed by atoms with Crippen LogP contribution in [0.25, 0.3) is 10.8 Å². The Balaban J connectivity index is 1.85. The molecule has 4 N–H and O–H groups in total. The summed E-state index contributed by atoms with van der Waals surface area (Å²) in [5.74, 6) is -1.33. The lowest BCUT2D eigenvalue weighted by Crippen LogP contribution is -2.47. The number of aliphatic carboxylic acids is 1. The fraction of sp³-hybridized carbons (Fsp3) is 0.208. The zero-order chi connectivity index (χ0) is 25.4. The van der Waals surface area contributed by atoms with Gasteiger partial charge in [-0.25, -0.2) is 19.5 Å². The van der Waals surface area contributed by atoms with Gasteiger partial charge in [0.25, 0.3) is 5.91 Å². The van der Waals surface area contributed by atoms with Crippen molar-refractivity contribution in [2.24, 2.45) is 0 Å². The highest BCUT2D eigenvalue weighted by molar-refractivity contribution is 6.07. The highest BCUT2D eigenvalue weighted by Gasteiger charge is 2.25. The molecule has 0 spiro atoms. The number of carboxylic acids is 1. The van der Waals surface area contributed by atoms with E-state index in [9.17, 15) is 29.9 Å². The second kappa shape index (κ2) is 11.3. The van der Waals surface area contributed by atoms with E-state index in [1.165, 1.54) is 6.07 Å². The topological polar surface area (TPSA) is 165 Å². The lowest BCUT2D eigenvalue weighted by atomic mass is 10.1. The van der Waals surface area contributed by atoms with E-state index in [4.69, 9.17) is 4.74 Å². The molecule has 180 valence electrons. The molecule has 0 aliphatic carbocycles. The van der Waals surface area contributed by atoms with Gasteiger partial charge in [0.15, 0.2) is 6.19 Å². The number of aromatic nitrogens is 1. The van der Waals surface area contributed by atoms with Gasteiger partial charge in [-0.3, -0.25) is 4.79 Å². The van der Waals surface area contributed by atoms with Crippen molar-refractivity contribution in [1.29, 1.82) is 5.26 Å². The van der Waals surface area contributed by atoms with Crippen molar-refractivity contribution in [2.45, 2.75) is 19.4 Å². The summed E-state index contributed by atoms with van der Waals surface area (Å²) in [4.78, 5) is 41.1. The molecule has 3 amide bonds. The number of ether oxygens (including phenoxy) is 1. The maximum atomic E-state index is 13.1. The van der Waals surface area contributed by atoms with E-state index in [2.05, 4.69) is 15.6 Å². The van der Waals surface area contributed by atoms with Gasteiger partial charge in [-0.1, -0.05) is 18.2 Å². The molecule has 2 aromatic carbocycles. The van der Waals surface area contributed by atoms with E-state index in [1.54, 1.807) is 49.5 Å². The Labute approximate surface area is 200 Å².